The van der Waals surface area contributed by atoms with Crippen molar-refractivity contribution in [1.82, 2.24) is 5.32 Å². The minimum Gasteiger partial charge on any atom is -0.314 e. The Hall–Kier alpha value is 0.310. The van der Waals surface area contributed by atoms with E-state index in [0.29, 0.717) is 10.8 Å². The van der Waals surface area contributed by atoms with Crippen LogP contribution in [0.15, 0.2) is 0 Å². The Labute approximate surface area is 97.8 Å². The van der Waals surface area contributed by atoms with Crippen LogP contribution in [0.2, 0.25) is 0 Å². The molecule has 1 aliphatic heterocycles. The first-order chi connectivity index (χ1) is 7.14. The number of rotatable bonds is 3. The summed E-state index contributed by atoms with van der Waals surface area (Å²) in [4.78, 5) is 0. The van der Waals surface area contributed by atoms with Gasteiger partial charge in [-0.15, -0.1) is 0 Å². The summed E-state index contributed by atoms with van der Waals surface area (Å²) in [5, 5.41) is 3.72. The number of thioether (sulfide) groups is 1. The Kier molecular flexibility index (Phi) is 2.37. The maximum absolute atomic E-state index is 3.72. The van der Waals surface area contributed by atoms with Crippen LogP contribution < -0.4 is 5.32 Å². The molecule has 3 fully saturated rings. The van der Waals surface area contributed by atoms with Crippen LogP contribution in [-0.2, 0) is 0 Å². The van der Waals surface area contributed by atoms with Crippen molar-refractivity contribution in [1.29, 1.82) is 0 Å². The van der Waals surface area contributed by atoms with Crippen LogP contribution in [0, 0.1) is 16.7 Å². The molecule has 0 amide bonds. The van der Waals surface area contributed by atoms with Gasteiger partial charge in [-0.05, 0) is 60.5 Å². The molecule has 1 heterocycles. The van der Waals surface area contributed by atoms with Crippen molar-refractivity contribution in [2.75, 3.05) is 18.1 Å². The molecule has 2 heteroatoms. The lowest BCUT2D eigenvalue weighted by atomic mass is 9.73. The quantitative estimate of drug-likeness (QED) is 0.792. The molecule has 0 aromatic carbocycles. The second-order valence-corrected chi connectivity index (χ2v) is 7.53. The Morgan fingerprint density at radius 1 is 1.33 bits per heavy atom. The summed E-state index contributed by atoms with van der Waals surface area (Å²) in [6.07, 6.45) is 5.78. The van der Waals surface area contributed by atoms with Crippen LogP contribution in [0.4, 0.5) is 0 Å². The van der Waals surface area contributed by atoms with Gasteiger partial charge >= 0.3 is 0 Å². The molecule has 3 aliphatic rings. The summed E-state index contributed by atoms with van der Waals surface area (Å²) in [6.45, 7) is 6.31. The Bertz CT molecular complexity index is 259. The zero-order valence-corrected chi connectivity index (χ0v) is 10.8. The summed E-state index contributed by atoms with van der Waals surface area (Å²) < 4.78 is 0. The zero-order valence-electron chi connectivity index (χ0n) is 10.0. The lowest BCUT2D eigenvalue weighted by Gasteiger charge is -2.40. The van der Waals surface area contributed by atoms with Crippen molar-refractivity contribution < 1.29 is 0 Å². The van der Waals surface area contributed by atoms with Gasteiger partial charge in [0.2, 0.25) is 0 Å². The smallest absolute Gasteiger partial charge is 0.00683 e. The van der Waals surface area contributed by atoms with Gasteiger partial charge in [0, 0.05) is 6.04 Å². The predicted molar refractivity (Wildman–Crippen MR) is 67.3 cm³/mol. The fourth-order valence-corrected chi connectivity index (χ4v) is 5.18. The molecule has 2 saturated carbocycles. The molecule has 2 aliphatic carbocycles. The van der Waals surface area contributed by atoms with Crippen LogP contribution in [0.25, 0.3) is 0 Å². The van der Waals surface area contributed by atoms with E-state index in [9.17, 15) is 0 Å². The highest BCUT2D eigenvalue weighted by molar-refractivity contribution is 7.99. The van der Waals surface area contributed by atoms with E-state index in [1.54, 1.807) is 0 Å². The fourth-order valence-electron chi connectivity index (χ4n) is 3.28. The van der Waals surface area contributed by atoms with Crippen molar-refractivity contribution in [3.63, 3.8) is 0 Å². The highest BCUT2D eigenvalue weighted by Crippen LogP contribution is 2.67. The lowest BCUT2D eigenvalue weighted by Crippen LogP contribution is -2.36. The van der Waals surface area contributed by atoms with Gasteiger partial charge < -0.3 is 5.32 Å². The molecule has 2 atom stereocenters. The largest absolute Gasteiger partial charge is 0.314 e. The van der Waals surface area contributed by atoms with E-state index in [1.807, 2.05) is 0 Å². The molecule has 0 bridgehead atoms. The first kappa shape index (κ1) is 10.5. The first-order valence-electron chi connectivity index (χ1n) is 6.45. The molecular weight excluding hydrogens is 202 g/mol. The SMILES string of the molecule is CC1(C)CCSCC12CC2CNC1CC1. The molecule has 2 unspecified atom stereocenters. The normalized spacial score (nSPS) is 43.2. The van der Waals surface area contributed by atoms with E-state index in [2.05, 4.69) is 30.9 Å². The first-order valence-corrected chi connectivity index (χ1v) is 7.61. The van der Waals surface area contributed by atoms with E-state index < -0.39 is 0 Å². The third-order valence-electron chi connectivity index (χ3n) is 5.04. The monoisotopic (exact) mass is 225 g/mol. The summed E-state index contributed by atoms with van der Waals surface area (Å²) >= 11 is 2.19. The van der Waals surface area contributed by atoms with Crippen molar-refractivity contribution in [2.24, 2.45) is 16.7 Å². The van der Waals surface area contributed by atoms with Crippen LogP contribution >= 0.6 is 11.8 Å². The number of nitrogens with one attached hydrogen (secondary N) is 1. The Morgan fingerprint density at radius 2 is 2.13 bits per heavy atom. The average molecular weight is 225 g/mol. The van der Waals surface area contributed by atoms with Gasteiger partial charge in [-0.2, -0.15) is 11.8 Å². The van der Waals surface area contributed by atoms with Crippen molar-refractivity contribution >= 4 is 11.8 Å². The second kappa shape index (κ2) is 3.40. The van der Waals surface area contributed by atoms with Crippen molar-refractivity contribution in [3.8, 4) is 0 Å². The van der Waals surface area contributed by atoms with Gasteiger partial charge in [0.05, 0.1) is 0 Å². The molecule has 0 radical (unpaired) electrons. The van der Waals surface area contributed by atoms with Gasteiger partial charge in [0.15, 0.2) is 0 Å². The molecule has 1 nitrogen and oxygen atoms in total. The van der Waals surface area contributed by atoms with Gasteiger partial charge in [0.25, 0.3) is 0 Å². The molecule has 86 valence electrons. The summed E-state index contributed by atoms with van der Waals surface area (Å²) in [5.74, 6) is 3.80. The number of hydrogen-bond donors (Lipinski definition) is 1. The van der Waals surface area contributed by atoms with Crippen molar-refractivity contribution in [2.45, 2.75) is 45.6 Å². The Morgan fingerprint density at radius 3 is 2.80 bits per heavy atom. The molecule has 0 aromatic rings. The summed E-state index contributed by atoms with van der Waals surface area (Å²) in [7, 11) is 0. The standard InChI is InChI=1S/C13H23NS/c1-12(2)5-6-15-9-13(12)7-10(13)8-14-11-3-4-11/h10-11,14H,3-9H2,1-2H3. The van der Waals surface area contributed by atoms with Gasteiger partial charge in [-0.25, -0.2) is 0 Å². The third kappa shape index (κ3) is 1.74. The van der Waals surface area contributed by atoms with E-state index in [4.69, 9.17) is 0 Å². The fraction of sp³-hybridized carbons (Fsp3) is 1.00. The lowest BCUT2D eigenvalue weighted by molar-refractivity contribution is 0.177. The predicted octanol–water partition coefficient (Wildman–Crippen LogP) is 2.91. The minimum atomic E-state index is 0.605. The highest BCUT2D eigenvalue weighted by Gasteiger charge is 2.62. The molecule has 1 spiro atoms. The zero-order chi connectivity index (χ0) is 10.5. The van der Waals surface area contributed by atoms with E-state index in [-0.39, 0.29) is 0 Å². The molecule has 1 N–H and O–H groups in total. The van der Waals surface area contributed by atoms with Crippen LogP contribution in [0.1, 0.15) is 39.5 Å². The minimum absolute atomic E-state index is 0.605. The van der Waals surface area contributed by atoms with E-state index in [1.165, 1.54) is 43.7 Å². The van der Waals surface area contributed by atoms with Crippen LogP contribution in [0.3, 0.4) is 0 Å². The van der Waals surface area contributed by atoms with E-state index >= 15 is 0 Å². The molecule has 15 heavy (non-hydrogen) atoms. The summed E-state index contributed by atoms with van der Waals surface area (Å²) in [6, 6.07) is 0.891. The highest BCUT2D eigenvalue weighted by atomic mass is 32.2. The maximum atomic E-state index is 3.72. The van der Waals surface area contributed by atoms with Crippen LogP contribution in [-0.4, -0.2) is 24.1 Å². The molecule has 1 saturated heterocycles. The molecule has 0 aromatic heterocycles. The number of hydrogen-bond acceptors (Lipinski definition) is 2. The van der Waals surface area contributed by atoms with Crippen molar-refractivity contribution in [3.05, 3.63) is 0 Å². The van der Waals surface area contributed by atoms with Gasteiger partial charge in [-0.3, -0.25) is 0 Å². The Balaban J connectivity index is 1.59. The van der Waals surface area contributed by atoms with Crippen LogP contribution in [0.5, 0.6) is 0 Å². The topological polar surface area (TPSA) is 12.0 Å². The third-order valence-corrected chi connectivity index (χ3v) is 6.25. The average Bonchev–Trinajstić information content (AvgIpc) is 3.05. The molecule has 3 rings (SSSR count). The molecular formula is C13H23NS. The summed E-state index contributed by atoms with van der Waals surface area (Å²) in [5.41, 5.74) is 1.31. The van der Waals surface area contributed by atoms with E-state index in [0.717, 1.165) is 12.0 Å². The van der Waals surface area contributed by atoms with Gasteiger partial charge in [-0.1, -0.05) is 13.8 Å². The maximum Gasteiger partial charge on any atom is 0.00683 e. The van der Waals surface area contributed by atoms with Gasteiger partial charge in [0.1, 0.15) is 0 Å². The second-order valence-electron chi connectivity index (χ2n) is 6.43.